The third-order valence-corrected chi connectivity index (χ3v) is 5.44. The Morgan fingerprint density at radius 1 is 1.09 bits per heavy atom. The second kappa shape index (κ2) is 7.29. The number of pyridine rings is 2. The number of carbonyl (C=O) groups is 1. The summed E-state index contributed by atoms with van der Waals surface area (Å²) in [6.45, 7) is 1.40. The van der Waals surface area contributed by atoms with Crippen molar-refractivity contribution in [2.45, 2.75) is 19.1 Å². The number of aryl methyl sites for hydroxylation is 2. The van der Waals surface area contributed by atoms with Crippen molar-refractivity contribution in [3.05, 3.63) is 65.8 Å². The topological polar surface area (TPSA) is 80.9 Å². The van der Waals surface area contributed by atoms with E-state index in [0.717, 1.165) is 28.6 Å². The maximum Gasteiger partial charge on any atom is 0.416 e. The van der Waals surface area contributed by atoms with Gasteiger partial charge in [0, 0.05) is 30.9 Å². The predicted octanol–water partition coefficient (Wildman–Crippen LogP) is 3.89. The molecule has 1 aliphatic rings. The zero-order chi connectivity index (χ0) is 23.5. The van der Waals surface area contributed by atoms with E-state index in [1.54, 1.807) is 10.6 Å². The maximum absolute atomic E-state index is 14.3. The first kappa shape index (κ1) is 20.9. The van der Waals surface area contributed by atoms with Gasteiger partial charge in [-0.25, -0.2) is 19.7 Å². The summed E-state index contributed by atoms with van der Waals surface area (Å²) in [7, 11) is 1.82. The molecule has 170 valence electrons. The van der Waals surface area contributed by atoms with Gasteiger partial charge in [0.05, 0.1) is 11.8 Å². The molecule has 12 heteroatoms. The lowest BCUT2D eigenvalue weighted by Crippen LogP contribution is -2.32. The van der Waals surface area contributed by atoms with Crippen molar-refractivity contribution < 1.29 is 22.4 Å². The molecule has 0 spiro atoms. The molecule has 0 aliphatic carbocycles. The van der Waals surface area contributed by atoms with E-state index in [1.165, 1.54) is 11.5 Å². The number of aromatic nitrogens is 5. The Bertz CT molecular complexity index is 1390. The van der Waals surface area contributed by atoms with E-state index < -0.39 is 29.8 Å². The first-order chi connectivity index (χ1) is 15.6. The number of fused-ring (bicyclic) bond motifs is 1. The van der Waals surface area contributed by atoms with Crippen molar-refractivity contribution in [2.24, 2.45) is 7.05 Å². The highest BCUT2D eigenvalue weighted by atomic mass is 19.4. The van der Waals surface area contributed by atoms with Gasteiger partial charge in [0.2, 0.25) is 5.95 Å². The first-order valence-corrected chi connectivity index (χ1v) is 9.92. The maximum atomic E-state index is 14.3. The summed E-state index contributed by atoms with van der Waals surface area (Å²) < 4.78 is 57.6. The van der Waals surface area contributed by atoms with Crippen LogP contribution >= 0.6 is 0 Å². The number of carbonyl (C=O) groups excluding carboxylic acids is 1. The average Bonchev–Trinajstić information content (AvgIpc) is 3.43. The minimum absolute atomic E-state index is 0.00133. The number of halogens is 4. The number of nitrogens with zero attached hydrogens (tertiary/aromatic N) is 6. The number of alkyl halides is 3. The highest BCUT2D eigenvalue weighted by molar-refractivity contribution is 5.94. The Hall–Kier alpha value is -3.96. The van der Waals surface area contributed by atoms with Crippen molar-refractivity contribution in [1.29, 1.82) is 0 Å². The number of imidazole rings is 1. The van der Waals surface area contributed by atoms with Gasteiger partial charge in [-0.2, -0.15) is 17.6 Å². The van der Waals surface area contributed by atoms with Gasteiger partial charge < -0.3 is 9.88 Å². The molecule has 33 heavy (non-hydrogen) atoms. The van der Waals surface area contributed by atoms with E-state index >= 15 is 0 Å². The van der Waals surface area contributed by atoms with Crippen LogP contribution in [0.1, 0.15) is 23.1 Å². The Morgan fingerprint density at radius 3 is 2.64 bits per heavy atom. The number of hydrogen-bond donors (Lipinski definition) is 1. The van der Waals surface area contributed by atoms with Gasteiger partial charge in [-0.15, -0.1) is 0 Å². The highest BCUT2D eigenvalue weighted by Gasteiger charge is 2.39. The molecule has 5 heterocycles. The van der Waals surface area contributed by atoms with Gasteiger partial charge in [0.15, 0.2) is 0 Å². The quantitative estimate of drug-likeness (QED) is 0.472. The standard InChI is InChI=1S/C21H17F4N7O/c1-11-7-13(21(23,24)25)8-17(27-11)32-14(9-26-20(32)33)19-28-15(22)10-31(19)16-4-3-12-5-6-30(2)18(12)29-16/h3-8,10,14H,9H2,1-2H3,(H,26,33). The van der Waals surface area contributed by atoms with E-state index in [9.17, 15) is 22.4 Å². The Balaban J connectivity index is 1.62. The first-order valence-electron chi connectivity index (χ1n) is 9.92. The van der Waals surface area contributed by atoms with E-state index in [-0.39, 0.29) is 23.9 Å². The van der Waals surface area contributed by atoms with Crippen LogP contribution in [0.25, 0.3) is 16.9 Å². The molecule has 2 amide bonds. The summed E-state index contributed by atoms with van der Waals surface area (Å²) in [6, 6.07) is 5.48. The van der Waals surface area contributed by atoms with Crippen LogP contribution in [0.2, 0.25) is 0 Å². The SMILES string of the molecule is Cc1cc(C(F)(F)F)cc(N2C(=O)NCC2c2nc(F)cn2-c2ccc3ccn(C)c3n2)n1. The summed E-state index contributed by atoms with van der Waals surface area (Å²) in [5.41, 5.74) is -0.197. The van der Waals surface area contributed by atoms with Gasteiger partial charge in [-0.1, -0.05) is 0 Å². The van der Waals surface area contributed by atoms with Crippen molar-refractivity contribution in [3.63, 3.8) is 0 Å². The summed E-state index contributed by atoms with van der Waals surface area (Å²) in [6.07, 6.45) is -1.66. The molecule has 1 unspecified atom stereocenters. The number of hydrogen-bond acceptors (Lipinski definition) is 4. The smallest absolute Gasteiger partial charge is 0.336 e. The fraction of sp³-hybridized carbons (Fsp3) is 0.238. The van der Waals surface area contributed by atoms with Crippen LogP contribution in [-0.4, -0.2) is 36.7 Å². The second-order valence-corrected chi connectivity index (χ2v) is 7.73. The molecule has 0 bridgehead atoms. The average molecular weight is 459 g/mol. The molecular weight excluding hydrogens is 442 g/mol. The molecular formula is C21H17F4N7O. The van der Waals surface area contributed by atoms with E-state index in [4.69, 9.17) is 0 Å². The molecule has 4 aromatic heterocycles. The van der Waals surface area contributed by atoms with Crippen molar-refractivity contribution >= 4 is 22.9 Å². The van der Waals surface area contributed by atoms with E-state index in [0.29, 0.717) is 11.5 Å². The molecule has 8 nitrogen and oxygen atoms in total. The third kappa shape index (κ3) is 3.56. The molecule has 1 N–H and O–H groups in total. The summed E-state index contributed by atoms with van der Waals surface area (Å²) in [4.78, 5) is 26.3. The van der Waals surface area contributed by atoms with Crippen LogP contribution in [0.4, 0.5) is 28.2 Å². The molecule has 4 aromatic rings. The fourth-order valence-electron chi connectivity index (χ4n) is 3.95. The van der Waals surface area contributed by atoms with E-state index in [2.05, 4.69) is 20.3 Å². The van der Waals surface area contributed by atoms with Gasteiger partial charge in [0.25, 0.3) is 0 Å². The van der Waals surface area contributed by atoms with Crippen LogP contribution in [0.5, 0.6) is 0 Å². The lowest BCUT2D eigenvalue weighted by molar-refractivity contribution is -0.137. The third-order valence-electron chi connectivity index (χ3n) is 5.44. The fourth-order valence-corrected chi connectivity index (χ4v) is 3.95. The van der Waals surface area contributed by atoms with Crippen molar-refractivity contribution in [2.75, 3.05) is 11.4 Å². The predicted molar refractivity (Wildman–Crippen MR) is 110 cm³/mol. The Morgan fingerprint density at radius 2 is 1.88 bits per heavy atom. The van der Waals surface area contributed by atoms with Crippen LogP contribution in [0.3, 0.4) is 0 Å². The van der Waals surface area contributed by atoms with Gasteiger partial charge >= 0.3 is 12.2 Å². The number of nitrogens with one attached hydrogen (secondary N) is 1. The van der Waals surface area contributed by atoms with Crippen LogP contribution in [-0.2, 0) is 13.2 Å². The molecule has 1 aliphatic heterocycles. The zero-order valence-corrected chi connectivity index (χ0v) is 17.4. The minimum Gasteiger partial charge on any atom is -0.336 e. The highest BCUT2D eigenvalue weighted by Crippen LogP contribution is 2.35. The summed E-state index contributed by atoms with van der Waals surface area (Å²) >= 11 is 0. The Kier molecular flexibility index (Phi) is 4.62. The zero-order valence-electron chi connectivity index (χ0n) is 17.4. The molecule has 0 aromatic carbocycles. The Labute approximate surface area is 184 Å². The lowest BCUT2D eigenvalue weighted by atomic mass is 10.2. The molecule has 0 saturated carbocycles. The van der Waals surface area contributed by atoms with Crippen molar-refractivity contribution in [1.82, 2.24) is 29.4 Å². The van der Waals surface area contributed by atoms with Crippen LogP contribution in [0.15, 0.2) is 42.7 Å². The molecule has 1 fully saturated rings. The van der Waals surface area contributed by atoms with Gasteiger partial charge in [-0.05, 0) is 37.3 Å². The minimum atomic E-state index is -4.62. The van der Waals surface area contributed by atoms with E-state index in [1.807, 2.05) is 25.4 Å². The number of urea groups is 1. The number of rotatable bonds is 3. The molecule has 5 rings (SSSR count). The normalized spacial score (nSPS) is 16.6. The van der Waals surface area contributed by atoms with Gasteiger partial charge in [-0.3, -0.25) is 9.47 Å². The van der Waals surface area contributed by atoms with Crippen molar-refractivity contribution in [3.8, 4) is 5.82 Å². The van der Waals surface area contributed by atoms with Gasteiger partial charge in [0.1, 0.15) is 29.1 Å². The number of anilines is 1. The van der Waals surface area contributed by atoms with Crippen LogP contribution in [0, 0.1) is 12.9 Å². The van der Waals surface area contributed by atoms with Crippen LogP contribution < -0.4 is 10.2 Å². The lowest BCUT2D eigenvalue weighted by Gasteiger charge is -2.23. The molecule has 1 atom stereocenters. The monoisotopic (exact) mass is 459 g/mol. The molecule has 1 saturated heterocycles. The number of amides is 2. The largest absolute Gasteiger partial charge is 0.416 e. The molecule has 0 radical (unpaired) electrons. The summed E-state index contributed by atoms with van der Waals surface area (Å²) in [5, 5.41) is 3.46. The second-order valence-electron chi connectivity index (χ2n) is 7.73. The summed E-state index contributed by atoms with van der Waals surface area (Å²) in [5.74, 6) is -0.568.